The molecule has 0 spiro atoms. The molecule has 0 heterocycles. The van der Waals surface area contributed by atoms with Crippen LogP contribution in [0.25, 0.3) is 6.08 Å². The van der Waals surface area contributed by atoms with Crippen molar-refractivity contribution in [3.8, 4) is 6.07 Å². The van der Waals surface area contributed by atoms with Gasteiger partial charge in [0.15, 0.2) is 0 Å². The fourth-order valence-electron chi connectivity index (χ4n) is 4.09. The summed E-state index contributed by atoms with van der Waals surface area (Å²) in [5.41, 5.74) is 2.46. The van der Waals surface area contributed by atoms with E-state index in [0.29, 0.717) is 12.0 Å². The predicted octanol–water partition coefficient (Wildman–Crippen LogP) is 4.09. The number of fused-ring (bicyclic) bond motifs is 1. The molecule has 2 aliphatic rings. The van der Waals surface area contributed by atoms with Crippen molar-refractivity contribution >= 4 is 11.8 Å². The third-order valence-corrected chi connectivity index (χ3v) is 5.23. The summed E-state index contributed by atoms with van der Waals surface area (Å²) in [6.07, 6.45) is 6.64. The van der Waals surface area contributed by atoms with Gasteiger partial charge < -0.3 is 4.90 Å². The molecule has 1 aromatic rings. The molecule has 0 amide bonds. The standard InChI is InChI=1S/C18H22N2/c1-3-13-5-4-6-17(9-13)20(2)18-10-15-7-14(12-19)8-16(15)11-18/h3-6,9,14-16,18H,1,7-8,10-11H2,2H3. The number of hydrogen-bond acceptors (Lipinski definition) is 2. The first-order valence-corrected chi connectivity index (χ1v) is 7.56. The lowest BCUT2D eigenvalue weighted by atomic mass is 10.0. The van der Waals surface area contributed by atoms with E-state index >= 15 is 0 Å². The maximum atomic E-state index is 9.06. The molecule has 2 aliphatic carbocycles. The van der Waals surface area contributed by atoms with Crippen molar-refractivity contribution in [2.75, 3.05) is 11.9 Å². The fourth-order valence-corrected chi connectivity index (χ4v) is 4.09. The molecule has 0 saturated heterocycles. The second-order valence-corrected chi connectivity index (χ2v) is 6.35. The van der Waals surface area contributed by atoms with Gasteiger partial charge in [-0.15, -0.1) is 0 Å². The Morgan fingerprint density at radius 3 is 2.55 bits per heavy atom. The second-order valence-electron chi connectivity index (χ2n) is 6.35. The number of benzene rings is 1. The van der Waals surface area contributed by atoms with Gasteiger partial charge in [-0.2, -0.15) is 5.26 Å². The van der Waals surface area contributed by atoms with Crippen LogP contribution in [-0.4, -0.2) is 13.1 Å². The summed E-state index contributed by atoms with van der Waals surface area (Å²) >= 11 is 0. The number of anilines is 1. The summed E-state index contributed by atoms with van der Waals surface area (Å²) in [5, 5.41) is 9.06. The third kappa shape index (κ3) is 2.33. The molecule has 2 heteroatoms. The highest BCUT2D eigenvalue weighted by Gasteiger charge is 2.42. The summed E-state index contributed by atoms with van der Waals surface area (Å²) < 4.78 is 0. The van der Waals surface area contributed by atoms with E-state index in [1.165, 1.54) is 24.1 Å². The quantitative estimate of drug-likeness (QED) is 0.823. The van der Waals surface area contributed by atoms with Crippen molar-refractivity contribution in [1.82, 2.24) is 0 Å². The van der Waals surface area contributed by atoms with Crippen molar-refractivity contribution < 1.29 is 0 Å². The number of nitriles is 1. The van der Waals surface area contributed by atoms with Gasteiger partial charge >= 0.3 is 0 Å². The average Bonchev–Trinajstić information content (AvgIpc) is 3.04. The van der Waals surface area contributed by atoms with Crippen LogP contribution in [0.4, 0.5) is 5.69 Å². The largest absolute Gasteiger partial charge is 0.372 e. The van der Waals surface area contributed by atoms with Crippen LogP contribution in [0.2, 0.25) is 0 Å². The lowest BCUT2D eigenvalue weighted by Gasteiger charge is -2.28. The summed E-state index contributed by atoms with van der Waals surface area (Å²) in [6.45, 7) is 3.84. The Kier molecular flexibility index (Phi) is 3.53. The van der Waals surface area contributed by atoms with Crippen molar-refractivity contribution in [3.63, 3.8) is 0 Å². The van der Waals surface area contributed by atoms with Crippen LogP contribution in [0.3, 0.4) is 0 Å². The highest BCUT2D eigenvalue weighted by molar-refractivity contribution is 5.57. The molecule has 0 aromatic heterocycles. The van der Waals surface area contributed by atoms with Gasteiger partial charge in [0.05, 0.1) is 6.07 Å². The minimum atomic E-state index is 0.320. The van der Waals surface area contributed by atoms with Crippen LogP contribution >= 0.6 is 0 Å². The minimum Gasteiger partial charge on any atom is -0.372 e. The monoisotopic (exact) mass is 266 g/mol. The normalized spacial score (nSPS) is 31.6. The van der Waals surface area contributed by atoms with E-state index in [1.807, 2.05) is 6.08 Å². The highest BCUT2D eigenvalue weighted by Crippen LogP contribution is 2.48. The predicted molar refractivity (Wildman–Crippen MR) is 83.3 cm³/mol. The lowest BCUT2D eigenvalue weighted by molar-refractivity contribution is 0.457. The molecule has 2 nitrogen and oxygen atoms in total. The Balaban J connectivity index is 1.69. The molecular formula is C18H22N2. The fraction of sp³-hybridized carbons (Fsp3) is 0.500. The Bertz CT molecular complexity index is 529. The lowest BCUT2D eigenvalue weighted by Crippen LogP contribution is -2.29. The van der Waals surface area contributed by atoms with E-state index in [0.717, 1.165) is 24.7 Å². The summed E-state index contributed by atoms with van der Waals surface area (Å²) in [4.78, 5) is 2.42. The Hall–Kier alpha value is -1.75. The molecule has 0 N–H and O–H groups in total. The molecular weight excluding hydrogens is 244 g/mol. The van der Waals surface area contributed by atoms with Gasteiger partial charge in [0.1, 0.15) is 0 Å². The second kappa shape index (κ2) is 5.32. The smallest absolute Gasteiger partial charge is 0.0655 e. The first-order valence-electron chi connectivity index (χ1n) is 7.56. The average molecular weight is 266 g/mol. The zero-order chi connectivity index (χ0) is 14.1. The van der Waals surface area contributed by atoms with Crippen LogP contribution in [-0.2, 0) is 0 Å². The van der Waals surface area contributed by atoms with Gasteiger partial charge in [0.2, 0.25) is 0 Å². The number of hydrogen-bond donors (Lipinski definition) is 0. The molecule has 2 saturated carbocycles. The zero-order valence-corrected chi connectivity index (χ0v) is 12.1. The number of rotatable bonds is 3. The van der Waals surface area contributed by atoms with Gasteiger partial charge in [-0.05, 0) is 55.2 Å². The Labute approximate surface area is 121 Å². The van der Waals surface area contributed by atoms with Gasteiger partial charge in [-0.1, -0.05) is 24.8 Å². The maximum absolute atomic E-state index is 9.06. The van der Waals surface area contributed by atoms with Crippen molar-refractivity contribution in [1.29, 1.82) is 5.26 Å². The van der Waals surface area contributed by atoms with E-state index in [1.54, 1.807) is 0 Å². The van der Waals surface area contributed by atoms with Crippen LogP contribution < -0.4 is 4.90 Å². The van der Waals surface area contributed by atoms with Gasteiger partial charge in [0, 0.05) is 24.7 Å². The third-order valence-electron chi connectivity index (χ3n) is 5.23. The van der Waals surface area contributed by atoms with E-state index in [-0.39, 0.29) is 0 Å². The van der Waals surface area contributed by atoms with E-state index in [9.17, 15) is 0 Å². The van der Waals surface area contributed by atoms with Gasteiger partial charge in [-0.25, -0.2) is 0 Å². The van der Waals surface area contributed by atoms with Crippen LogP contribution in [0.15, 0.2) is 30.8 Å². The molecule has 104 valence electrons. The maximum Gasteiger partial charge on any atom is 0.0655 e. The van der Waals surface area contributed by atoms with Crippen molar-refractivity contribution in [2.24, 2.45) is 17.8 Å². The van der Waals surface area contributed by atoms with E-state index in [2.05, 4.69) is 48.9 Å². The molecule has 0 aliphatic heterocycles. The highest BCUT2D eigenvalue weighted by atomic mass is 15.1. The summed E-state index contributed by atoms with van der Waals surface area (Å²) in [7, 11) is 2.20. The molecule has 20 heavy (non-hydrogen) atoms. The molecule has 0 radical (unpaired) electrons. The van der Waals surface area contributed by atoms with Crippen LogP contribution in [0.5, 0.6) is 0 Å². The topological polar surface area (TPSA) is 27.0 Å². The minimum absolute atomic E-state index is 0.320. The first-order chi connectivity index (χ1) is 9.71. The SMILES string of the molecule is C=Cc1cccc(N(C)C2CC3CC(C#N)CC3C2)c1. The zero-order valence-electron chi connectivity index (χ0n) is 12.1. The first kappa shape index (κ1) is 13.2. The Morgan fingerprint density at radius 1 is 1.25 bits per heavy atom. The van der Waals surface area contributed by atoms with E-state index in [4.69, 9.17) is 5.26 Å². The molecule has 2 unspecified atom stereocenters. The van der Waals surface area contributed by atoms with Crippen molar-refractivity contribution in [2.45, 2.75) is 31.7 Å². The van der Waals surface area contributed by atoms with Gasteiger partial charge in [0.25, 0.3) is 0 Å². The molecule has 2 atom stereocenters. The number of nitrogens with zero attached hydrogens (tertiary/aromatic N) is 2. The molecule has 1 aromatic carbocycles. The van der Waals surface area contributed by atoms with Crippen LogP contribution in [0.1, 0.15) is 31.2 Å². The Morgan fingerprint density at radius 2 is 1.95 bits per heavy atom. The molecule has 0 bridgehead atoms. The van der Waals surface area contributed by atoms with Crippen LogP contribution in [0, 0.1) is 29.1 Å². The molecule has 2 fully saturated rings. The van der Waals surface area contributed by atoms with E-state index < -0.39 is 0 Å². The molecule has 3 rings (SSSR count). The summed E-state index contributed by atoms with van der Waals surface area (Å²) in [5.74, 6) is 1.87. The van der Waals surface area contributed by atoms with Crippen molar-refractivity contribution in [3.05, 3.63) is 36.4 Å². The van der Waals surface area contributed by atoms with Gasteiger partial charge in [-0.3, -0.25) is 0 Å². The summed E-state index contributed by atoms with van der Waals surface area (Å²) in [6, 6.07) is 11.7.